The molecular weight excluding hydrogens is 310 g/mol. The Hall–Kier alpha value is -2.75. The number of rotatable bonds is 3. The Labute approximate surface area is 147 Å². The molecule has 2 aromatic carbocycles. The molecule has 1 atom stereocenters. The van der Waals surface area contributed by atoms with Gasteiger partial charge in [-0.2, -0.15) is 0 Å². The smallest absolute Gasteiger partial charge is 0.228 e. The third-order valence-electron chi connectivity index (χ3n) is 4.69. The lowest BCUT2D eigenvalue weighted by atomic mass is 9.91. The van der Waals surface area contributed by atoms with Crippen molar-refractivity contribution in [2.45, 2.75) is 32.1 Å². The van der Waals surface area contributed by atoms with Crippen molar-refractivity contribution >= 4 is 28.8 Å². The lowest BCUT2D eigenvalue weighted by Crippen LogP contribution is -2.38. The summed E-state index contributed by atoms with van der Waals surface area (Å²) in [7, 11) is 0. The Morgan fingerprint density at radius 3 is 2.28 bits per heavy atom. The van der Waals surface area contributed by atoms with Gasteiger partial charge in [0.2, 0.25) is 5.91 Å². The Kier molecular flexibility index (Phi) is 4.18. The second-order valence-corrected chi connectivity index (χ2v) is 6.55. The maximum Gasteiger partial charge on any atom is 0.228 e. The number of benzene rings is 2. The van der Waals surface area contributed by atoms with Crippen LogP contribution in [0.25, 0.3) is 0 Å². The van der Waals surface area contributed by atoms with E-state index in [1.807, 2.05) is 42.5 Å². The largest absolute Gasteiger partial charge is 0.313 e. The van der Waals surface area contributed by atoms with Crippen LogP contribution in [-0.2, 0) is 4.79 Å². The first-order valence-corrected chi connectivity index (χ1v) is 8.87. The van der Waals surface area contributed by atoms with Gasteiger partial charge in [0.05, 0.1) is 17.3 Å². The van der Waals surface area contributed by atoms with E-state index in [0.29, 0.717) is 5.84 Å². The van der Waals surface area contributed by atoms with Crippen molar-refractivity contribution in [1.82, 2.24) is 5.32 Å². The molecule has 0 bridgehead atoms. The molecule has 2 aromatic rings. The van der Waals surface area contributed by atoms with Gasteiger partial charge < -0.3 is 5.32 Å². The van der Waals surface area contributed by atoms with Crippen LogP contribution in [-0.4, -0.2) is 17.5 Å². The van der Waals surface area contributed by atoms with Crippen molar-refractivity contribution in [3.05, 3.63) is 60.2 Å². The van der Waals surface area contributed by atoms with E-state index < -0.39 is 0 Å². The summed E-state index contributed by atoms with van der Waals surface area (Å²) in [4.78, 5) is 22.1. The topological polar surface area (TPSA) is 53.8 Å². The van der Waals surface area contributed by atoms with Crippen LogP contribution in [0.4, 0.5) is 11.4 Å². The number of hydrogen-bond acceptors (Lipinski definition) is 3. The molecule has 0 spiro atoms. The second-order valence-electron chi connectivity index (χ2n) is 6.55. The first-order chi connectivity index (χ1) is 12.3. The molecule has 4 nitrogen and oxygen atoms in total. The predicted molar refractivity (Wildman–Crippen MR) is 101 cm³/mol. The van der Waals surface area contributed by atoms with Crippen LogP contribution in [0.5, 0.6) is 0 Å². The summed E-state index contributed by atoms with van der Waals surface area (Å²) in [5.41, 5.74) is 3.78. The van der Waals surface area contributed by atoms with Crippen molar-refractivity contribution < 1.29 is 4.79 Å². The van der Waals surface area contributed by atoms with Gasteiger partial charge in [-0.15, -0.1) is 0 Å². The molecule has 4 rings (SSSR count). The van der Waals surface area contributed by atoms with Crippen LogP contribution in [0, 0.1) is 5.92 Å². The number of amidine groups is 1. The molecule has 25 heavy (non-hydrogen) atoms. The fraction of sp³-hybridized carbons (Fsp3) is 0.286. The van der Waals surface area contributed by atoms with Crippen molar-refractivity contribution in [3.8, 4) is 0 Å². The molecule has 1 saturated carbocycles. The SMILES string of the molecule is CCC1=Nc2ccccc2N=C(NC(=O)C2CC2)[C@H]1c1ccccc1. The summed E-state index contributed by atoms with van der Waals surface area (Å²) in [5, 5.41) is 3.10. The van der Waals surface area contributed by atoms with E-state index in [0.717, 1.165) is 41.9 Å². The van der Waals surface area contributed by atoms with Crippen molar-refractivity contribution in [1.29, 1.82) is 0 Å². The molecule has 0 unspecified atom stereocenters. The zero-order valence-corrected chi connectivity index (χ0v) is 14.3. The van der Waals surface area contributed by atoms with Gasteiger partial charge in [-0.25, -0.2) is 4.99 Å². The summed E-state index contributed by atoms with van der Waals surface area (Å²) in [6.07, 6.45) is 2.74. The van der Waals surface area contributed by atoms with E-state index in [1.165, 1.54) is 0 Å². The molecule has 1 heterocycles. The fourth-order valence-electron chi connectivity index (χ4n) is 3.18. The number of aliphatic imine (C=N–C) groups is 2. The number of carbonyl (C=O) groups is 1. The van der Waals surface area contributed by atoms with Gasteiger partial charge in [0.1, 0.15) is 5.84 Å². The molecule has 0 aromatic heterocycles. The van der Waals surface area contributed by atoms with Gasteiger partial charge in [0.15, 0.2) is 0 Å². The highest BCUT2D eigenvalue weighted by molar-refractivity contribution is 6.18. The van der Waals surface area contributed by atoms with Crippen LogP contribution in [0.1, 0.15) is 37.7 Å². The summed E-state index contributed by atoms with van der Waals surface area (Å²) in [6.45, 7) is 2.10. The van der Waals surface area contributed by atoms with Crippen LogP contribution in [0.15, 0.2) is 64.6 Å². The summed E-state index contributed by atoms with van der Waals surface area (Å²) in [6, 6.07) is 18.0. The van der Waals surface area contributed by atoms with E-state index in [4.69, 9.17) is 9.98 Å². The normalized spacial score (nSPS) is 19.3. The number of para-hydroxylation sites is 2. The van der Waals surface area contributed by atoms with Gasteiger partial charge in [0.25, 0.3) is 0 Å². The predicted octanol–water partition coefficient (Wildman–Crippen LogP) is 4.52. The minimum Gasteiger partial charge on any atom is -0.313 e. The summed E-state index contributed by atoms with van der Waals surface area (Å²) in [5.74, 6) is 0.782. The summed E-state index contributed by atoms with van der Waals surface area (Å²) >= 11 is 0. The molecule has 1 amide bonds. The number of nitrogens with zero attached hydrogens (tertiary/aromatic N) is 2. The van der Waals surface area contributed by atoms with Gasteiger partial charge >= 0.3 is 0 Å². The number of nitrogens with one attached hydrogen (secondary N) is 1. The highest BCUT2D eigenvalue weighted by Gasteiger charge is 2.33. The van der Waals surface area contributed by atoms with Crippen molar-refractivity contribution in [2.24, 2.45) is 15.9 Å². The van der Waals surface area contributed by atoms with E-state index >= 15 is 0 Å². The molecular formula is C21H21N3O. The zero-order chi connectivity index (χ0) is 17.2. The highest BCUT2D eigenvalue weighted by Crippen LogP contribution is 2.35. The maximum absolute atomic E-state index is 12.4. The zero-order valence-electron chi connectivity index (χ0n) is 14.3. The first-order valence-electron chi connectivity index (χ1n) is 8.87. The highest BCUT2D eigenvalue weighted by atomic mass is 16.2. The minimum atomic E-state index is -0.124. The lowest BCUT2D eigenvalue weighted by molar-refractivity contribution is -0.120. The third-order valence-corrected chi connectivity index (χ3v) is 4.69. The standard InChI is InChI=1S/C21H21N3O/c1-2-16-19(14-8-4-3-5-9-14)20(24-21(25)15-12-13-15)23-18-11-7-6-10-17(18)22-16/h3-11,15,19H,2,12-13H2,1H3,(H,23,24,25)/t19-/m0/s1. The van der Waals surface area contributed by atoms with E-state index in [2.05, 4.69) is 24.4 Å². The minimum absolute atomic E-state index is 0.0783. The van der Waals surface area contributed by atoms with Crippen LogP contribution in [0.2, 0.25) is 0 Å². The number of fused-ring (bicyclic) bond motifs is 1. The molecule has 1 aliphatic heterocycles. The summed E-state index contributed by atoms with van der Waals surface area (Å²) < 4.78 is 0. The first kappa shape index (κ1) is 15.8. The lowest BCUT2D eigenvalue weighted by Gasteiger charge is -2.20. The van der Waals surface area contributed by atoms with Gasteiger partial charge in [0, 0.05) is 11.6 Å². The van der Waals surface area contributed by atoms with Crippen LogP contribution in [0.3, 0.4) is 0 Å². The molecule has 0 saturated heterocycles. The Morgan fingerprint density at radius 1 is 1.00 bits per heavy atom. The quantitative estimate of drug-likeness (QED) is 0.883. The van der Waals surface area contributed by atoms with Gasteiger partial charge in [-0.1, -0.05) is 49.4 Å². The van der Waals surface area contributed by atoms with E-state index in [1.54, 1.807) is 0 Å². The molecule has 4 heteroatoms. The van der Waals surface area contributed by atoms with E-state index in [9.17, 15) is 4.79 Å². The van der Waals surface area contributed by atoms with Crippen LogP contribution < -0.4 is 5.32 Å². The average molecular weight is 331 g/mol. The average Bonchev–Trinajstić information content (AvgIpc) is 3.48. The number of hydrogen-bond donors (Lipinski definition) is 1. The van der Waals surface area contributed by atoms with Gasteiger partial charge in [-0.05, 0) is 37.0 Å². The Bertz CT molecular complexity index is 850. The second kappa shape index (κ2) is 6.63. The third kappa shape index (κ3) is 3.25. The maximum atomic E-state index is 12.4. The molecule has 1 aliphatic carbocycles. The molecule has 0 radical (unpaired) electrons. The van der Waals surface area contributed by atoms with E-state index in [-0.39, 0.29) is 17.7 Å². The fourth-order valence-corrected chi connectivity index (χ4v) is 3.18. The number of amides is 1. The molecule has 1 N–H and O–H groups in total. The van der Waals surface area contributed by atoms with Crippen molar-refractivity contribution in [3.63, 3.8) is 0 Å². The van der Waals surface area contributed by atoms with Gasteiger partial charge in [-0.3, -0.25) is 9.79 Å². The van der Waals surface area contributed by atoms with Crippen LogP contribution >= 0.6 is 0 Å². The van der Waals surface area contributed by atoms with Crippen molar-refractivity contribution in [2.75, 3.05) is 0 Å². The molecule has 126 valence electrons. The number of carbonyl (C=O) groups excluding carboxylic acids is 1. The monoisotopic (exact) mass is 331 g/mol. The Morgan fingerprint density at radius 2 is 1.64 bits per heavy atom. The Balaban J connectivity index is 1.83. The molecule has 2 aliphatic rings. The molecule has 1 fully saturated rings.